The van der Waals surface area contributed by atoms with Crippen LogP contribution in [0.5, 0.6) is 5.75 Å². The van der Waals surface area contributed by atoms with Crippen molar-refractivity contribution in [2.75, 3.05) is 0 Å². The molecule has 0 unspecified atom stereocenters. The standard InChI is InChI=1S/C6H6F2N2O3/c1-10-4(5(11)12)3(2-9-10)13-6(7)8/h2,6H,1H3,(H,11,12). The lowest BCUT2D eigenvalue weighted by Gasteiger charge is -2.02. The maximum Gasteiger partial charge on any atom is 0.387 e. The van der Waals surface area contributed by atoms with Crippen LogP contribution in [0.4, 0.5) is 8.78 Å². The number of carboxylic acids is 1. The van der Waals surface area contributed by atoms with Crippen LogP contribution >= 0.6 is 0 Å². The summed E-state index contributed by atoms with van der Waals surface area (Å²) < 4.78 is 28.3. The van der Waals surface area contributed by atoms with Crippen LogP contribution in [-0.4, -0.2) is 27.5 Å². The first kappa shape index (κ1) is 9.43. The van der Waals surface area contributed by atoms with Gasteiger partial charge in [0, 0.05) is 7.05 Å². The molecule has 0 spiro atoms. The zero-order valence-corrected chi connectivity index (χ0v) is 6.57. The van der Waals surface area contributed by atoms with E-state index in [1.807, 2.05) is 0 Å². The fourth-order valence-corrected chi connectivity index (χ4v) is 0.843. The number of aryl methyl sites for hydroxylation is 1. The van der Waals surface area contributed by atoms with Gasteiger partial charge in [0.15, 0.2) is 11.4 Å². The zero-order valence-electron chi connectivity index (χ0n) is 6.57. The van der Waals surface area contributed by atoms with Crippen molar-refractivity contribution in [1.82, 2.24) is 9.78 Å². The molecular formula is C6H6F2N2O3. The van der Waals surface area contributed by atoms with Crippen molar-refractivity contribution in [2.24, 2.45) is 7.05 Å². The molecule has 0 saturated heterocycles. The molecule has 0 aliphatic heterocycles. The Morgan fingerprint density at radius 1 is 1.77 bits per heavy atom. The Labute approximate surface area is 71.5 Å². The van der Waals surface area contributed by atoms with Gasteiger partial charge in [0.25, 0.3) is 0 Å². The SMILES string of the molecule is Cn1ncc(OC(F)F)c1C(=O)O. The zero-order chi connectivity index (χ0) is 10.0. The molecule has 7 heteroatoms. The Kier molecular flexibility index (Phi) is 2.45. The van der Waals surface area contributed by atoms with Gasteiger partial charge < -0.3 is 9.84 Å². The van der Waals surface area contributed by atoms with Gasteiger partial charge >= 0.3 is 12.6 Å². The van der Waals surface area contributed by atoms with Crippen LogP contribution in [0.2, 0.25) is 0 Å². The summed E-state index contributed by atoms with van der Waals surface area (Å²) in [6.45, 7) is -3.05. The highest BCUT2D eigenvalue weighted by Crippen LogP contribution is 2.18. The van der Waals surface area contributed by atoms with Crippen LogP contribution in [0.25, 0.3) is 0 Å². The topological polar surface area (TPSA) is 64.4 Å². The van der Waals surface area contributed by atoms with Crippen molar-refractivity contribution in [2.45, 2.75) is 6.61 Å². The van der Waals surface area contributed by atoms with E-state index in [0.717, 1.165) is 10.9 Å². The molecule has 0 fully saturated rings. The molecule has 13 heavy (non-hydrogen) atoms. The van der Waals surface area contributed by atoms with Gasteiger partial charge in [-0.3, -0.25) is 4.68 Å². The lowest BCUT2D eigenvalue weighted by molar-refractivity contribution is -0.0504. The highest BCUT2D eigenvalue weighted by Gasteiger charge is 2.19. The van der Waals surface area contributed by atoms with Crippen molar-refractivity contribution in [1.29, 1.82) is 0 Å². The van der Waals surface area contributed by atoms with Gasteiger partial charge in [-0.15, -0.1) is 0 Å². The Bertz CT molecular complexity index is 324. The maximum absolute atomic E-state index is 11.7. The summed E-state index contributed by atoms with van der Waals surface area (Å²) in [7, 11) is 1.32. The normalized spacial score (nSPS) is 10.5. The summed E-state index contributed by atoms with van der Waals surface area (Å²) in [6.07, 6.45) is 0.926. The van der Waals surface area contributed by atoms with Gasteiger partial charge in [0.2, 0.25) is 0 Å². The number of hydrogen-bond acceptors (Lipinski definition) is 3. The highest BCUT2D eigenvalue weighted by molar-refractivity contribution is 5.88. The van der Waals surface area contributed by atoms with Crippen LogP contribution in [-0.2, 0) is 7.05 Å². The third kappa shape index (κ3) is 1.92. The van der Waals surface area contributed by atoms with E-state index in [1.54, 1.807) is 0 Å². The molecule has 0 amide bonds. The number of halogens is 2. The minimum atomic E-state index is -3.05. The van der Waals surface area contributed by atoms with E-state index in [2.05, 4.69) is 9.84 Å². The molecule has 1 aromatic rings. The Morgan fingerprint density at radius 2 is 2.38 bits per heavy atom. The van der Waals surface area contributed by atoms with E-state index >= 15 is 0 Å². The minimum absolute atomic E-state index is 0.402. The van der Waals surface area contributed by atoms with Crippen LogP contribution < -0.4 is 4.74 Å². The molecule has 0 bridgehead atoms. The Morgan fingerprint density at radius 3 is 2.85 bits per heavy atom. The second kappa shape index (κ2) is 3.38. The van der Waals surface area contributed by atoms with E-state index in [-0.39, 0.29) is 0 Å². The molecule has 72 valence electrons. The average Bonchev–Trinajstić information content (AvgIpc) is 2.30. The van der Waals surface area contributed by atoms with E-state index in [9.17, 15) is 13.6 Å². The monoisotopic (exact) mass is 192 g/mol. The average molecular weight is 192 g/mol. The fraction of sp³-hybridized carbons (Fsp3) is 0.333. The lowest BCUT2D eigenvalue weighted by Crippen LogP contribution is -2.10. The predicted octanol–water partition coefficient (Wildman–Crippen LogP) is 0.720. The molecule has 1 N–H and O–H groups in total. The van der Waals surface area contributed by atoms with E-state index in [1.165, 1.54) is 7.05 Å². The summed E-state index contributed by atoms with van der Waals surface area (Å²) in [5.74, 6) is -1.80. The molecule has 0 aliphatic rings. The van der Waals surface area contributed by atoms with Gasteiger partial charge in [0.1, 0.15) is 0 Å². The number of ether oxygens (including phenoxy) is 1. The third-order valence-electron chi connectivity index (χ3n) is 1.32. The number of carbonyl (C=O) groups is 1. The maximum atomic E-state index is 11.7. The first-order chi connectivity index (χ1) is 6.02. The largest absolute Gasteiger partial charge is 0.476 e. The number of alkyl halides is 2. The summed E-state index contributed by atoms with van der Waals surface area (Å²) >= 11 is 0. The Hall–Kier alpha value is -1.66. The van der Waals surface area contributed by atoms with Gasteiger partial charge in [-0.1, -0.05) is 0 Å². The number of nitrogens with zero attached hydrogens (tertiary/aromatic N) is 2. The molecule has 1 aromatic heterocycles. The molecule has 0 saturated carbocycles. The van der Waals surface area contributed by atoms with Gasteiger partial charge in [-0.2, -0.15) is 13.9 Å². The number of rotatable bonds is 3. The smallest absolute Gasteiger partial charge is 0.387 e. The molecule has 5 nitrogen and oxygen atoms in total. The van der Waals surface area contributed by atoms with E-state index in [4.69, 9.17) is 5.11 Å². The highest BCUT2D eigenvalue weighted by atomic mass is 19.3. The molecular weight excluding hydrogens is 186 g/mol. The Balaban J connectivity index is 3.00. The van der Waals surface area contributed by atoms with Crippen LogP contribution in [0.3, 0.4) is 0 Å². The van der Waals surface area contributed by atoms with Crippen LogP contribution in [0, 0.1) is 0 Å². The summed E-state index contributed by atoms with van der Waals surface area (Å²) in [5.41, 5.74) is -0.402. The van der Waals surface area contributed by atoms with Crippen LogP contribution in [0.1, 0.15) is 10.5 Å². The fourth-order valence-electron chi connectivity index (χ4n) is 0.843. The quantitative estimate of drug-likeness (QED) is 0.766. The lowest BCUT2D eigenvalue weighted by atomic mass is 10.4. The summed E-state index contributed by atoms with van der Waals surface area (Å²) in [6, 6.07) is 0. The predicted molar refractivity (Wildman–Crippen MR) is 36.8 cm³/mol. The number of aromatic nitrogens is 2. The molecule has 0 aromatic carbocycles. The second-order valence-corrected chi connectivity index (χ2v) is 2.16. The molecule has 1 rings (SSSR count). The summed E-state index contributed by atoms with van der Waals surface area (Å²) in [5, 5.41) is 12.0. The first-order valence-corrected chi connectivity index (χ1v) is 3.22. The second-order valence-electron chi connectivity index (χ2n) is 2.16. The van der Waals surface area contributed by atoms with E-state index in [0.29, 0.717) is 0 Å². The van der Waals surface area contributed by atoms with E-state index < -0.39 is 24.0 Å². The molecule has 0 radical (unpaired) electrons. The van der Waals surface area contributed by atoms with Gasteiger partial charge in [0.05, 0.1) is 6.20 Å². The number of hydrogen-bond donors (Lipinski definition) is 1. The number of aromatic carboxylic acids is 1. The number of carboxylic acid groups (broad SMARTS) is 1. The first-order valence-electron chi connectivity index (χ1n) is 3.22. The van der Waals surface area contributed by atoms with Gasteiger partial charge in [-0.05, 0) is 0 Å². The van der Waals surface area contributed by atoms with Crippen LogP contribution in [0.15, 0.2) is 6.20 Å². The minimum Gasteiger partial charge on any atom is -0.476 e. The molecule has 1 heterocycles. The van der Waals surface area contributed by atoms with Gasteiger partial charge in [-0.25, -0.2) is 4.79 Å². The van der Waals surface area contributed by atoms with Crippen molar-refractivity contribution in [3.8, 4) is 5.75 Å². The third-order valence-corrected chi connectivity index (χ3v) is 1.32. The van der Waals surface area contributed by atoms with Crippen molar-refractivity contribution >= 4 is 5.97 Å². The molecule has 0 aliphatic carbocycles. The van der Waals surface area contributed by atoms with Crippen molar-refractivity contribution in [3.05, 3.63) is 11.9 Å². The molecule has 0 atom stereocenters. The summed E-state index contributed by atoms with van der Waals surface area (Å²) in [4.78, 5) is 10.5. The van der Waals surface area contributed by atoms with Crippen molar-refractivity contribution in [3.63, 3.8) is 0 Å². The van der Waals surface area contributed by atoms with Crippen molar-refractivity contribution < 1.29 is 23.4 Å².